The third-order valence-electron chi connectivity index (χ3n) is 2.23. The highest BCUT2D eigenvalue weighted by Gasteiger charge is 2.28. The zero-order valence-corrected chi connectivity index (χ0v) is 10.5. The summed E-state index contributed by atoms with van der Waals surface area (Å²) >= 11 is 6.61. The fourth-order valence-electron chi connectivity index (χ4n) is 1.34. The molecule has 0 aromatic heterocycles. The van der Waals surface area contributed by atoms with Gasteiger partial charge < -0.3 is 4.74 Å². The van der Waals surface area contributed by atoms with Gasteiger partial charge in [-0.2, -0.15) is 0 Å². The normalized spacial score (nSPS) is 25.6. The Kier molecular flexibility index (Phi) is 3.12. The Morgan fingerprint density at radius 2 is 2.07 bits per heavy atom. The van der Waals surface area contributed by atoms with Gasteiger partial charge in [0.25, 0.3) is 0 Å². The van der Waals surface area contributed by atoms with Gasteiger partial charge in [0, 0.05) is 4.83 Å². The van der Waals surface area contributed by atoms with Crippen LogP contribution in [0.2, 0.25) is 0 Å². The molecule has 1 aromatic carbocycles. The minimum atomic E-state index is -0.260. The van der Waals surface area contributed by atoms with Gasteiger partial charge in [0.15, 0.2) is 0 Å². The molecular weight excluding hydrogens is 315 g/mol. The predicted octanol–water partition coefficient (Wildman–Crippen LogP) is 3.89. The molecule has 0 atom stereocenters. The molecule has 0 aliphatic heterocycles. The lowest BCUT2D eigenvalue weighted by Crippen LogP contribution is -2.33. The van der Waals surface area contributed by atoms with Crippen LogP contribution in [-0.2, 0) is 0 Å². The third-order valence-corrected chi connectivity index (χ3v) is 3.59. The summed E-state index contributed by atoms with van der Waals surface area (Å²) in [7, 11) is 0. The van der Waals surface area contributed by atoms with Crippen molar-refractivity contribution in [2.75, 3.05) is 0 Å². The van der Waals surface area contributed by atoms with Crippen LogP contribution in [0.25, 0.3) is 0 Å². The SMILES string of the molecule is Fc1ccc(OC2CC(Br)C2)cc1Br. The van der Waals surface area contributed by atoms with E-state index in [1.165, 1.54) is 6.07 Å². The predicted molar refractivity (Wildman–Crippen MR) is 60.5 cm³/mol. The molecule has 76 valence electrons. The number of alkyl halides is 1. The van der Waals surface area contributed by atoms with Crippen LogP contribution < -0.4 is 4.74 Å². The molecule has 0 N–H and O–H groups in total. The molecule has 1 nitrogen and oxygen atoms in total. The van der Waals surface area contributed by atoms with Crippen molar-refractivity contribution in [3.8, 4) is 5.75 Å². The first kappa shape index (κ1) is 10.4. The number of rotatable bonds is 2. The summed E-state index contributed by atoms with van der Waals surface area (Å²) in [6.07, 6.45) is 2.32. The first-order valence-corrected chi connectivity index (χ1v) is 6.12. The molecular formula is C10H9Br2FO. The lowest BCUT2D eigenvalue weighted by atomic mass is 9.96. The summed E-state index contributed by atoms with van der Waals surface area (Å²) in [4.78, 5) is 0.580. The molecule has 0 spiro atoms. The molecule has 0 bridgehead atoms. The van der Waals surface area contributed by atoms with E-state index in [1.54, 1.807) is 12.1 Å². The van der Waals surface area contributed by atoms with E-state index in [0.29, 0.717) is 9.30 Å². The molecule has 1 aliphatic carbocycles. The zero-order valence-electron chi connectivity index (χ0n) is 7.34. The van der Waals surface area contributed by atoms with Crippen molar-refractivity contribution in [2.24, 2.45) is 0 Å². The highest BCUT2D eigenvalue weighted by Crippen LogP contribution is 2.32. The zero-order chi connectivity index (χ0) is 10.1. The quantitative estimate of drug-likeness (QED) is 0.750. The van der Waals surface area contributed by atoms with Gasteiger partial charge in [-0.1, -0.05) is 15.9 Å². The summed E-state index contributed by atoms with van der Waals surface area (Å²) in [6.45, 7) is 0. The van der Waals surface area contributed by atoms with Crippen molar-refractivity contribution in [3.63, 3.8) is 0 Å². The second kappa shape index (κ2) is 4.19. The monoisotopic (exact) mass is 322 g/mol. The van der Waals surface area contributed by atoms with E-state index in [9.17, 15) is 4.39 Å². The highest BCUT2D eigenvalue weighted by molar-refractivity contribution is 9.10. The Hall–Kier alpha value is -0.0900. The fourth-order valence-corrected chi connectivity index (χ4v) is 2.53. The second-order valence-electron chi connectivity index (χ2n) is 3.38. The number of hydrogen-bond acceptors (Lipinski definition) is 1. The molecule has 14 heavy (non-hydrogen) atoms. The topological polar surface area (TPSA) is 9.23 Å². The molecule has 0 radical (unpaired) electrons. The molecule has 2 rings (SSSR count). The number of ether oxygens (including phenoxy) is 1. The summed E-state index contributed by atoms with van der Waals surface area (Å²) in [6, 6.07) is 4.72. The molecule has 0 amide bonds. The van der Waals surface area contributed by atoms with Gasteiger partial charge in [-0.3, -0.25) is 0 Å². The van der Waals surface area contributed by atoms with E-state index in [4.69, 9.17) is 4.74 Å². The van der Waals surface area contributed by atoms with Crippen molar-refractivity contribution < 1.29 is 9.13 Å². The van der Waals surface area contributed by atoms with E-state index < -0.39 is 0 Å². The Morgan fingerprint density at radius 3 is 2.64 bits per heavy atom. The minimum absolute atomic E-state index is 0.260. The van der Waals surface area contributed by atoms with Gasteiger partial charge in [0.2, 0.25) is 0 Å². The van der Waals surface area contributed by atoms with Crippen LogP contribution in [0.4, 0.5) is 4.39 Å². The average molecular weight is 324 g/mol. The maximum Gasteiger partial charge on any atom is 0.137 e. The summed E-state index contributed by atoms with van der Waals surface area (Å²) in [5.74, 6) is 0.465. The van der Waals surface area contributed by atoms with Crippen molar-refractivity contribution in [2.45, 2.75) is 23.8 Å². The maximum absolute atomic E-state index is 12.9. The van der Waals surface area contributed by atoms with Gasteiger partial charge in [-0.25, -0.2) is 4.39 Å². The lowest BCUT2D eigenvalue weighted by Gasteiger charge is -2.31. The van der Waals surface area contributed by atoms with Crippen LogP contribution in [0.3, 0.4) is 0 Å². The van der Waals surface area contributed by atoms with Gasteiger partial charge in [0.1, 0.15) is 17.7 Å². The smallest absolute Gasteiger partial charge is 0.137 e. The van der Waals surface area contributed by atoms with Gasteiger partial charge in [-0.15, -0.1) is 0 Å². The minimum Gasteiger partial charge on any atom is -0.490 e. The summed E-state index contributed by atoms with van der Waals surface area (Å²) < 4.78 is 19.0. The van der Waals surface area contributed by atoms with E-state index >= 15 is 0 Å². The van der Waals surface area contributed by atoms with Crippen LogP contribution in [0.5, 0.6) is 5.75 Å². The molecule has 1 fully saturated rings. The van der Waals surface area contributed by atoms with Crippen molar-refractivity contribution in [1.82, 2.24) is 0 Å². The molecule has 0 heterocycles. The number of halogens is 3. The van der Waals surface area contributed by atoms with E-state index in [1.807, 2.05) is 0 Å². The van der Waals surface area contributed by atoms with Crippen molar-refractivity contribution in [3.05, 3.63) is 28.5 Å². The molecule has 1 saturated carbocycles. The average Bonchev–Trinajstić information content (AvgIpc) is 2.09. The highest BCUT2D eigenvalue weighted by atomic mass is 79.9. The first-order valence-electron chi connectivity index (χ1n) is 4.41. The molecule has 0 unspecified atom stereocenters. The van der Waals surface area contributed by atoms with E-state index in [0.717, 1.165) is 18.6 Å². The molecule has 1 aromatic rings. The van der Waals surface area contributed by atoms with Gasteiger partial charge >= 0.3 is 0 Å². The third kappa shape index (κ3) is 2.28. The maximum atomic E-state index is 12.9. The first-order chi connectivity index (χ1) is 6.65. The largest absolute Gasteiger partial charge is 0.490 e. The van der Waals surface area contributed by atoms with E-state index in [-0.39, 0.29) is 11.9 Å². The Bertz CT molecular complexity index is 337. The van der Waals surface area contributed by atoms with Gasteiger partial charge in [-0.05, 0) is 47.0 Å². The molecule has 0 saturated heterocycles. The number of hydrogen-bond donors (Lipinski definition) is 0. The Balaban J connectivity index is 2.00. The standard InChI is InChI=1S/C10H9Br2FO/c11-6-3-8(4-6)14-7-1-2-10(13)9(12)5-7/h1-2,5-6,8H,3-4H2. The van der Waals surface area contributed by atoms with Crippen molar-refractivity contribution >= 4 is 31.9 Å². The van der Waals surface area contributed by atoms with Crippen LogP contribution >= 0.6 is 31.9 Å². The number of benzene rings is 1. The Morgan fingerprint density at radius 1 is 1.36 bits per heavy atom. The second-order valence-corrected chi connectivity index (χ2v) is 5.53. The molecule has 4 heteroatoms. The van der Waals surface area contributed by atoms with Gasteiger partial charge in [0.05, 0.1) is 4.47 Å². The molecule has 1 aliphatic rings. The summed E-state index contributed by atoms with van der Waals surface area (Å²) in [5.41, 5.74) is 0. The van der Waals surface area contributed by atoms with Crippen LogP contribution in [0.1, 0.15) is 12.8 Å². The Labute approximate surface area is 98.9 Å². The van der Waals surface area contributed by atoms with E-state index in [2.05, 4.69) is 31.9 Å². The fraction of sp³-hybridized carbons (Fsp3) is 0.400. The van der Waals surface area contributed by atoms with Crippen LogP contribution in [0.15, 0.2) is 22.7 Å². The summed E-state index contributed by atoms with van der Waals surface area (Å²) in [5, 5.41) is 0. The van der Waals surface area contributed by atoms with Crippen LogP contribution in [0, 0.1) is 5.82 Å². The van der Waals surface area contributed by atoms with Crippen molar-refractivity contribution in [1.29, 1.82) is 0 Å². The van der Waals surface area contributed by atoms with Crippen LogP contribution in [-0.4, -0.2) is 10.9 Å². The lowest BCUT2D eigenvalue weighted by molar-refractivity contribution is 0.128.